The maximum absolute atomic E-state index is 15.4. The van der Waals surface area contributed by atoms with Crippen LogP contribution in [-0.4, -0.2) is 69.6 Å². The first-order valence-corrected chi connectivity index (χ1v) is 9.97. The second-order valence-corrected chi connectivity index (χ2v) is 7.38. The first-order chi connectivity index (χ1) is 15.0. The van der Waals surface area contributed by atoms with E-state index in [2.05, 4.69) is 0 Å². The molecule has 0 atom stereocenters. The summed E-state index contributed by atoms with van der Waals surface area (Å²) in [7, 11) is 3.90. The van der Waals surface area contributed by atoms with Gasteiger partial charge in [0.05, 0.1) is 37.9 Å². The van der Waals surface area contributed by atoms with Crippen molar-refractivity contribution >= 4 is 36.2 Å². The number of rotatable bonds is 6. The summed E-state index contributed by atoms with van der Waals surface area (Å²) in [4.78, 5) is 44.5. The molecule has 11 heteroatoms. The van der Waals surface area contributed by atoms with Crippen molar-refractivity contribution in [1.29, 1.82) is 0 Å². The van der Waals surface area contributed by atoms with Crippen molar-refractivity contribution < 1.29 is 28.3 Å². The highest BCUT2D eigenvalue weighted by Crippen LogP contribution is 2.43. The molecule has 0 spiro atoms. The molecule has 1 radical (unpaired) electrons. The Labute approximate surface area is 178 Å². The van der Waals surface area contributed by atoms with Crippen LogP contribution >= 0.6 is 0 Å². The molecule has 1 aliphatic carbocycles. The normalized spacial score (nSPS) is 17.3. The van der Waals surface area contributed by atoms with Gasteiger partial charge in [0.25, 0.3) is 0 Å². The molecule has 0 unspecified atom stereocenters. The van der Waals surface area contributed by atoms with E-state index in [0.29, 0.717) is 31.3 Å². The molecular weight excluding hydrogens is 408 g/mol. The average Bonchev–Trinajstić information content (AvgIpc) is 3.61. The van der Waals surface area contributed by atoms with Crippen LogP contribution in [0.25, 0.3) is 10.9 Å². The molecular formula is C20H22BFN3O6. The Bertz CT molecular complexity index is 1090. The van der Waals surface area contributed by atoms with Crippen molar-refractivity contribution in [2.75, 3.05) is 45.4 Å². The van der Waals surface area contributed by atoms with E-state index in [1.807, 2.05) is 4.57 Å². The van der Waals surface area contributed by atoms with Gasteiger partial charge in [-0.15, -0.1) is 0 Å². The Morgan fingerprint density at radius 1 is 1.29 bits per heavy atom. The number of pyridine rings is 1. The predicted molar refractivity (Wildman–Crippen MR) is 112 cm³/mol. The molecule has 2 heterocycles. The number of hydrogen-bond acceptors (Lipinski definition) is 8. The lowest BCUT2D eigenvalue weighted by atomic mass is 9.98. The molecule has 9 nitrogen and oxygen atoms in total. The van der Waals surface area contributed by atoms with Gasteiger partial charge in [-0.25, -0.2) is 14.2 Å². The zero-order valence-electron chi connectivity index (χ0n) is 17.3. The number of hydrogen-bond donors (Lipinski definition) is 0. The number of esters is 1. The van der Waals surface area contributed by atoms with Crippen LogP contribution in [0.2, 0.25) is 0 Å². The SMILES string of the molecule is COC(=O)c1cn(C2CC2)c2c(OC)c(N3CCON([B]C=O)CC3)c(F)cc2c1=O. The smallest absolute Gasteiger partial charge is 0.343 e. The molecule has 1 aliphatic heterocycles. The molecule has 1 saturated carbocycles. The maximum atomic E-state index is 15.4. The molecule has 163 valence electrons. The topological polar surface area (TPSA) is 90.3 Å². The van der Waals surface area contributed by atoms with Gasteiger partial charge in [0.2, 0.25) is 5.43 Å². The summed E-state index contributed by atoms with van der Waals surface area (Å²) in [6, 6.07) is 1.24. The summed E-state index contributed by atoms with van der Waals surface area (Å²) in [6.45, 7) is 1.31. The Morgan fingerprint density at radius 2 is 2.06 bits per heavy atom. The maximum Gasteiger partial charge on any atom is 0.343 e. The zero-order valence-corrected chi connectivity index (χ0v) is 17.3. The van der Waals surface area contributed by atoms with Crippen molar-refractivity contribution in [2.24, 2.45) is 0 Å². The fraction of sp³-hybridized carbons (Fsp3) is 0.450. The number of halogens is 1. The van der Waals surface area contributed by atoms with Crippen LogP contribution < -0.4 is 15.1 Å². The number of hydroxylamine groups is 1. The molecule has 2 fully saturated rings. The van der Waals surface area contributed by atoms with Crippen LogP contribution in [0.3, 0.4) is 0 Å². The molecule has 1 saturated heterocycles. The summed E-state index contributed by atoms with van der Waals surface area (Å²) in [6.07, 6.45) is 3.86. The minimum Gasteiger partial charge on any atom is -0.492 e. The van der Waals surface area contributed by atoms with Gasteiger partial charge in [0, 0.05) is 31.9 Å². The molecule has 2 aromatic rings. The van der Waals surface area contributed by atoms with Gasteiger partial charge < -0.3 is 28.6 Å². The van der Waals surface area contributed by atoms with Crippen molar-refractivity contribution in [1.82, 2.24) is 9.54 Å². The molecule has 0 N–H and O–H groups in total. The van der Waals surface area contributed by atoms with Crippen LogP contribution in [0, 0.1) is 5.82 Å². The van der Waals surface area contributed by atoms with Gasteiger partial charge >= 0.3 is 13.4 Å². The lowest BCUT2D eigenvalue weighted by molar-refractivity contribution is -0.0721. The van der Waals surface area contributed by atoms with Gasteiger partial charge in [0.1, 0.15) is 11.3 Å². The van der Waals surface area contributed by atoms with Gasteiger partial charge in [-0.1, -0.05) is 0 Å². The number of fused-ring (bicyclic) bond motifs is 1. The van der Waals surface area contributed by atoms with Crippen molar-refractivity contribution in [2.45, 2.75) is 18.9 Å². The van der Waals surface area contributed by atoms with E-state index >= 15 is 4.39 Å². The summed E-state index contributed by atoms with van der Waals surface area (Å²) in [5.74, 6) is -1.18. The molecule has 1 aromatic heterocycles. The number of nitrogens with zero attached hydrogens (tertiary/aromatic N) is 3. The average molecular weight is 430 g/mol. The minimum absolute atomic E-state index is 0.0647. The van der Waals surface area contributed by atoms with E-state index in [1.54, 1.807) is 4.90 Å². The van der Waals surface area contributed by atoms with Crippen molar-refractivity contribution in [3.05, 3.63) is 33.9 Å². The standard InChI is InChI=1S/C20H22BFN3O6/c1-29-19-16-13(18(27)14(20(28)30-2)10-24(16)12-3-4-12)9-15(22)17(19)23-5-6-25(21-11-26)31-8-7-23/h9-12H,3-8H2,1-2H3. The Kier molecular flexibility index (Phi) is 5.97. The monoisotopic (exact) mass is 430 g/mol. The number of carbonyl (C=O) groups is 2. The number of methoxy groups -OCH3 is 2. The fourth-order valence-corrected chi connectivity index (χ4v) is 3.90. The Hall–Kier alpha value is -2.92. The van der Waals surface area contributed by atoms with E-state index < -0.39 is 17.2 Å². The van der Waals surface area contributed by atoms with Gasteiger partial charge in [-0.05, 0) is 18.9 Å². The lowest BCUT2D eigenvalue weighted by Crippen LogP contribution is -2.33. The van der Waals surface area contributed by atoms with Gasteiger partial charge in [0.15, 0.2) is 11.6 Å². The molecule has 1 aromatic carbocycles. The first-order valence-electron chi connectivity index (χ1n) is 9.97. The third kappa shape index (κ3) is 3.90. The quantitative estimate of drug-likeness (QED) is 0.383. The lowest BCUT2D eigenvalue weighted by Gasteiger charge is -2.26. The second-order valence-electron chi connectivity index (χ2n) is 7.38. The van der Waals surface area contributed by atoms with Crippen LogP contribution in [0.1, 0.15) is 29.2 Å². The number of ether oxygens (including phenoxy) is 2. The predicted octanol–water partition coefficient (Wildman–Crippen LogP) is 1.13. The number of anilines is 1. The van der Waals surface area contributed by atoms with E-state index in [1.165, 1.54) is 32.8 Å². The fourth-order valence-electron chi connectivity index (χ4n) is 3.90. The Balaban J connectivity index is 1.89. The summed E-state index contributed by atoms with van der Waals surface area (Å²) in [5.41, 5.74) is -0.0838. The summed E-state index contributed by atoms with van der Waals surface area (Å²) in [5, 5.41) is 0.0647. The summed E-state index contributed by atoms with van der Waals surface area (Å²) < 4.78 is 27.6. The van der Waals surface area contributed by atoms with Crippen LogP contribution in [-0.2, 0) is 14.4 Å². The van der Waals surface area contributed by atoms with Gasteiger partial charge in [-0.3, -0.25) is 4.79 Å². The zero-order chi connectivity index (χ0) is 22.1. The molecule has 2 aliphatic rings. The number of aromatic nitrogens is 1. The van der Waals surface area contributed by atoms with Crippen LogP contribution in [0.15, 0.2) is 17.1 Å². The third-order valence-electron chi connectivity index (χ3n) is 5.50. The van der Waals surface area contributed by atoms with Crippen LogP contribution in [0.5, 0.6) is 5.75 Å². The highest BCUT2D eigenvalue weighted by Gasteiger charge is 2.32. The number of benzene rings is 1. The Morgan fingerprint density at radius 3 is 2.71 bits per heavy atom. The van der Waals surface area contributed by atoms with Crippen LogP contribution in [0.4, 0.5) is 10.1 Å². The molecule has 31 heavy (non-hydrogen) atoms. The molecule has 4 rings (SSSR count). The summed E-state index contributed by atoms with van der Waals surface area (Å²) >= 11 is 0. The second kappa shape index (κ2) is 8.68. The number of carbonyl (C=O) groups excluding carboxylic acids is 2. The molecule has 0 bridgehead atoms. The largest absolute Gasteiger partial charge is 0.492 e. The third-order valence-corrected chi connectivity index (χ3v) is 5.50. The van der Waals surface area contributed by atoms with E-state index in [-0.39, 0.29) is 35.0 Å². The minimum atomic E-state index is -0.763. The van der Waals surface area contributed by atoms with Gasteiger partial charge in [-0.2, -0.15) is 0 Å². The highest BCUT2D eigenvalue weighted by molar-refractivity contribution is 6.63. The first kappa shape index (κ1) is 21.3. The van der Waals surface area contributed by atoms with E-state index in [4.69, 9.17) is 14.3 Å². The van der Waals surface area contributed by atoms with E-state index in [9.17, 15) is 14.4 Å². The highest BCUT2D eigenvalue weighted by atomic mass is 19.1. The van der Waals surface area contributed by atoms with E-state index in [0.717, 1.165) is 18.9 Å². The van der Waals surface area contributed by atoms with Crippen molar-refractivity contribution in [3.8, 4) is 5.75 Å². The molecule has 0 amide bonds. The van der Waals surface area contributed by atoms with Crippen molar-refractivity contribution in [3.63, 3.8) is 0 Å².